The van der Waals surface area contributed by atoms with Gasteiger partial charge in [0.05, 0.1) is 0 Å². The van der Waals surface area contributed by atoms with Crippen molar-refractivity contribution in [3.8, 4) is 11.4 Å². The lowest BCUT2D eigenvalue weighted by molar-refractivity contribution is 0.100. The topological polar surface area (TPSA) is 84.0 Å². The van der Waals surface area contributed by atoms with Gasteiger partial charge >= 0.3 is 0 Å². The standard InChI is InChI=1S/C23H24N4O2/c1-3-4-13-24-21-15-20(26-22(27-21)17-9-6-5-7-10-17)23(29)25-19-12-8-11-18(14-19)16(2)28/h5-12,14-15H,3-4,13H2,1-2H3,(H,25,29)(H,24,26,27). The third-order valence-corrected chi connectivity index (χ3v) is 4.35. The van der Waals surface area contributed by atoms with Crippen LogP contribution in [0.15, 0.2) is 60.7 Å². The molecular weight excluding hydrogens is 364 g/mol. The van der Waals surface area contributed by atoms with Gasteiger partial charge in [-0.2, -0.15) is 0 Å². The second kappa shape index (κ2) is 9.59. The van der Waals surface area contributed by atoms with Crippen molar-refractivity contribution in [2.75, 3.05) is 17.2 Å². The monoisotopic (exact) mass is 388 g/mol. The number of rotatable bonds is 8. The number of nitrogens with one attached hydrogen (secondary N) is 2. The number of hydrogen-bond acceptors (Lipinski definition) is 5. The Hall–Kier alpha value is -3.54. The fourth-order valence-electron chi connectivity index (χ4n) is 2.77. The highest BCUT2D eigenvalue weighted by Gasteiger charge is 2.14. The van der Waals surface area contributed by atoms with Gasteiger partial charge in [-0.25, -0.2) is 9.97 Å². The first kappa shape index (κ1) is 20.2. The van der Waals surface area contributed by atoms with Crippen LogP contribution in [-0.4, -0.2) is 28.2 Å². The van der Waals surface area contributed by atoms with Crippen LogP contribution in [0.2, 0.25) is 0 Å². The summed E-state index contributed by atoms with van der Waals surface area (Å²) in [7, 11) is 0. The molecule has 3 rings (SSSR count). The first-order valence-electron chi connectivity index (χ1n) is 9.67. The predicted molar refractivity (Wildman–Crippen MR) is 115 cm³/mol. The van der Waals surface area contributed by atoms with Gasteiger partial charge in [0.2, 0.25) is 0 Å². The molecule has 6 heteroatoms. The van der Waals surface area contributed by atoms with Crippen LogP contribution in [-0.2, 0) is 0 Å². The second-order valence-corrected chi connectivity index (χ2v) is 6.70. The first-order chi connectivity index (χ1) is 14.1. The summed E-state index contributed by atoms with van der Waals surface area (Å²) in [5.74, 6) is 0.672. The number of nitrogens with zero attached hydrogens (tertiary/aromatic N) is 2. The van der Waals surface area contributed by atoms with Gasteiger partial charge in [-0.1, -0.05) is 55.8 Å². The zero-order chi connectivity index (χ0) is 20.6. The molecule has 0 aliphatic carbocycles. The lowest BCUT2D eigenvalue weighted by atomic mass is 10.1. The van der Waals surface area contributed by atoms with Gasteiger partial charge in [-0.05, 0) is 25.5 Å². The average molecular weight is 388 g/mol. The van der Waals surface area contributed by atoms with E-state index in [0.717, 1.165) is 24.9 Å². The van der Waals surface area contributed by atoms with E-state index in [2.05, 4.69) is 27.5 Å². The summed E-state index contributed by atoms with van der Waals surface area (Å²) in [4.78, 5) is 33.4. The molecular formula is C23H24N4O2. The van der Waals surface area contributed by atoms with Crippen LogP contribution in [0.25, 0.3) is 11.4 Å². The van der Waals surface area contributed by atoms with Crippen molar-refractivity contribution in [3.05, 3.63) is 71.9 Å². The van der Waals surface area contributed by atoms with Crippen LogP contribution < -0.4 is 10.6 Å². The quantitative estimate of drug-likeness (QED) is 0.427. The number of unbranched alkanes of at least 4 members (excludes halogenated alkanes) is 1. The van der Waals surface area contributed by atoms with E-state index in [9.17, 15) is 9.59 Å². The van der Waals surface area contributed by atoms with E-state index in [4.69, 9.17) is 0 Å². The van der Waals surface area contributed by atoms with Gasteiger partial charge in [0.15, 0.2) is 11.6 Å². The molecule has 3 aromatic rings. The maximum atomic E-state index is 12.8. The minimum absolute atomic E-state index is 0.0584. The Morgan fingerprint density at radius 1 is 0.966 bits per heavy atom. The van der Waals surface area contributed by atoms with E-state index in [1.54, 1.807) is 30.3 Å². The Bertz CT molecular complexity index is 1000. The fraction of sp³-hybridized carbons (Fsp3) is 0.217. The van der Waals surface area contributed by atoms with E-state index in [0.29, 0.717) is 22.9 Å². The summed E-state index contributed by atoms with van der Waals surface area (Å²) in [5, 5.41) is 6.08. The highest BCUT2D eigenvalue weighted by Crippen LogP contribution is 2.19. The van der Waals surface area contributed by atoms with E-state index in [1.807, 2.05) is 30.3 Å². The van der Waals surface area contributed by atoms with Crippen molar-refractivity contribution in [2.24, 2.45) is 0 Å². The minimum atomic E-state index is -0.358. The number of carbonyl (C=O) groups is 2. The Morgan fingerprint density at radius 2 is 1.76 bits per heavy atom. The SMILES string of the molecule is CCCCNc1cc(C(=O)Nc2cccc(C(C)=O)c2)nc(-c2ccccc2)n1. The summed E-state index contributed by atoms with van der Waals surface area (Å²) in [6, 6.07) is 18.0. The Morgan fingerprint density at radius 3 is 2.48 bits per heavy atom. The van der Waals surface area contributed by atoms with Crippen molar-refractivity contribution < 1.29 is 9.59 Å². The van der Waals surface area contributed by atoms with Crippen LogP contribution >= 0.6 is 0 Å². The van der Waals surface area contributed by atoms with Crippen LogP contribution in [0.4, 0.5) is 11.5 Å². The molecule has 0 atom stereocenters. The van der Waals surface area contributed by atoms with Gasteiger partial charge in [0, 0.05) is 29.4 Å². The lowest BCUT2D eigenvalue weighted by Crippen LogP contribution is -2.16. The molecule has 1 amide bonds. The Labute approximate surface area is 170 Å². The molecule has 0 unspecified atom stereocenters. The number of amides is 1. The summed E-state index contributed by atoms with van der Waals surface area (Å²) in [6.07, 6.45) is 2.06. The highest BCUT2D eigenvalue weighted by molar-refractivity contribution is 6.04. The van der Waals surface area contributed by atoms with Crippen molar-refractivity contribution in [3.63, 3.8) is 0 Å². The van der Waals surface area contributed by atoms with Gasteiger partial charge in [0.1, 0.15) is 11.5 Å². The van der Waals surface area contributed by atoms with E-state index in [1.165, 1.54) is 6.92 Å². The molecule has 0 radical (unpaired) electrons. The molecule has 2 aromatic carbocycles. The molecule has 2 N–H and O–H groups in total. The molecule has 0 aliphatic rings. The summed E-state index contributed by atoms with van der Waals surface area (Å²) in [6.45, 7) is 4.38. The summed E-state index contributed by atoms with van der Waals surface area (Å²) < 4.78 is 0. The molecule has 1 heterocycles. The van der Waals surface area contributed by atoms with Crippen molar-refractivity contribution in [1.82, 2.24) is 9.97 Å². The Kier molecular flexibility index (Phi) is 6.68. The van der Waals surface area contributed by atoms with Crippen LogP contribution in [0, 0.1) is 0 Å². The van der Waals surface area contributed by atoms with Gasteiger partial charge in [-0.3, -0.25) is 9.59 Å². The number of Topliss-reactive ketones (excluding diaryl/α,β-unsaturated/α-hetero) is 1. The lowest BCUT2D eigenvalue weighted by Gasteiger charge is -2.11. The summed E-state index contributed by atoms with van der Waals surface area (Å²) in [5.41, 5.74) is 2.17. The number of anilines is 2. The molecule has 0 saturated heterocycles. The number of hydrogen-bond donors (Lipinski definition) is 2. The van der Waals surface area contributed by atoms with Crippen LogP contribution in [0.3, 0.4) is 0 Å². The van der Waals surface area contributed by atoms with Crippen LogP contribution in [0.1, 0.15) is 47.5 Å². The molecule has 1 aromatic heterocycles. The van der Waals surface area contributed by atoms with E-state index < -0.39 is 0 Å². The maximum Gasteiger partial charge on any atom is 0.274 e. The third-order valence-electron chi connectivity index (χ3n) is 4.35. The molecule has 0 aliphatic heterocycles. The molecule has 29 heavy (non-hydrogen) atoms. The van der Waals surface area contributed by atoms with Crippen molar-refractivity contribution in [1.29, 1.82) is 0 Å². The molecule has 148 valence electrons. The molecule has 0 spiro atoms. The number of ketones is 1. The molecule has 0 saturated carbocycles. The van der Waals surface area contributed by atoms with Gasteiger partial charge in [0.25, 0.3) is 5.91 Å². The first-order valence-corrected chi connectivity index (χ1v) is 9.67. The van der Waals surface area contributed by atoms with Crippen molar-refractivity contribution in [2.45, 2.75) is 26.7 Å². The Balaban J connectivity index is 1.90. The smallest absolute Gasteiger partial charge is 0.274 e. The third kappa shape index (κ3) is 5.48. The predicted octanol–water partition coefficient (Wildman–Crippen LogP) is 4.81. The highest BCUT2D eigenvalue weighted by atomic mass is 16.2. The van der Waals surface area contributed by atoms with E-state index in [-0.39, 0.29) is 17.4 Å². The number of benzene rings is 2. The molecule has 6 nitrogen and oxygen atoms in total. The average Bonchev–Trinajstić information content (AvgIpc) is 2.74. The largest absolute Gasteiger partial charge is 0.370 e. The zero-order valence-electron chi connectivity index (χ0n) is 16.6. The number of carbonyl (C=O) groups excluding carboxylic acids is 2. The van der Waals surface area contributed by atoms with Crippen LogP contribution in [0.5, 0.6) is 0 Å². The number of aromatic nitrogens is 2. The molecule has 0 fully saturated rings. The normalized spacial score (nSPS) is 10.4. The van der Waals surface area contributed by atoms with Gasteiger partial charge < -0.3 is 10.6 Å². The van der Waals surface area contributed by atoms with Gasteiger partial charge in [-0.15, -0.1) is 0 Å². The fourth-order valence-corrected chi connectivity index (χ4v) is 2.77. The minimum Gasteiger partial charge on any atom is -0.370 e. The summed E-state index contributed by atoms with van der Waals surface area (Å²) >= 11 is 0. The molecule has 0 bridgehead atoms. The maximum absolute atomic E-state index is 12.8. The zero-order valence-corrected chi connectivity index (χ0v) is 16.6. The van der Waals surface area contributed by atoms with E-state index >= 15 is 0 Å². The van der Waals surface area contributed by atoms with Crippen molar-refractivity contribution >= 4 is 23.2 Å². The second-order valence-electron chi connectivity index (χ2n) is 6.70.